The molecule has 2 saturated heterocycles. The fraction of sp³-hybridized carbons (Fsp3) is 0.412. The second-order valence-electron chi connectivity index (χ2n) is 12.4. The summed E-state index contributed by atoms with van der Waals surface area (Å²) in [4.78, 5) is 22.0. The number of aromatic nitrogens is 3. The quantitative estimate of drug-likeness (QED) is 0.288. The molecule has 2 aromatic heterocycles. The zero-order valence-corrected chi connectivity index (χ0v) is 25.2. The van der Waals surface area contributed by atoms with Crippen molar-refractivity contribution in [2.45, 2.75) is 65.6 Å². The van der Waals surface area contributed by atoms with Crippen LogP contribution in [0, 0.1) is 5.92 Å². The van der Waals surface area contributed by atoms with Crippen molar-refractivity contribution in [3.63, 3.8) is 0 Å². The first-order chi connectivity index (χ1) is 20.2. The summed E-state index contributed by atoms with van der Waals surface area (Å²) in [6.07, 6.45) is 0.596. The van der Waals surface area contributed by atoms with Crippen molar-refractivity contribution in [3.05, 3.63) is 71.9 Å². The van der Waals surface area contributed by atoms with Crippen LogP contribution in [0.3, 0.4) is 0 Å². The highest BCUT2D eigenvalue weighted by molar-refractivity contribution is 5.84. The molecule has 0 radical (unpaired) electrons. The third kappa shape index (κ3) is 6.09. The fourth-order valence-corrected chi connectivity index (χ4v) is 6.05. The molecule has 4 heterocycles. The molecule has 2 fully saturated rings. The molecule has 218 valence electrons. The number of ether oxygens (including phenoxy) is 1. The van der Waals surface area contributed by atoms with Crippen molar-refractivity contribution in [3.8, 4) is 22.8 Å². The minimum absolute atomic E-state index is 0.193. The number of hydrogen-bond acceptors (Lipinski definition) is 7. The van der Waals surface area contributed by atoms with Crippen molar-refractivity contribution < 1.29 is 9.53 Å². The van der Waals surface area contributed by atoms with E-state index < -0.39 is 0 Å². The lowest BCUT2D eigenvalue weighted by Crippen LogP contribution is -2.54. The van der Waals surface area contributed by atoms with Crippen LogP contribution in [-0.2, 0) is 11.3 Å². The van der Waals surface area contributed by atoms with E-state index >= 15 is 0 Å². The number of piperazine rings is 1. The minimum atomic E-state index is 0.193. The van der Waals surface area contributed by atoms with E-state index in [9.17, 15) is 4.79 Å². The van der Waals surface area contributed by atoms with Gasteiger partial charge in [0.15, 0.2) is 0 Å². The molecule has 0 aliphatic carbocycles. The number of pyridine rings is 1. The number of likely N-dealkylation sites (tertiary alicyclic amines) is 1. The first-order valence-corrected chi connectivity index (χ1v) is 15.1. The van der Waals surface area contributed by atoms with E-state index in [4.69, 9.17) is 9.72 Å². The van der Waals surface area contributed by atoms with Crippen LogP contribution in [0.2, 0.25) is 0 Å². The third-order valence-corrected chi connectivity index (χ3v) is 8.16. The van der Waals surface area contributed by atoms with Gasteiger partial charge in [-0.2, -0.15) is 10.2 Å². The number of fused-ring (bicyclic) bond motifs is 1. The molecule has 6 rings (SSSR count). The summed E-state index contributed by atoms with van der Waals surface area (Å²) in [6.45, 7) is 13.9. The third-order valence-electron chi connectivity index (χ3n) is 8.16. The molecule has 2 aliphatic heterocycles. The lowest BCUT2D eigenvalue weighted by Gasteiger charge is -2.37. The number of carbonyl (C=O) groups excluding carboxylic acids is 1. The predicted octanol–water partition coefficient (Wildman–Crippen LogP) is 6.16. The van der Waals surface area contributed by atoms with Crippen molar-refractivity contribution in [1.29, 1.82) is 0 Å². The van der Waals surface area contributed by atoms with Gasteiger partial charge in [-0.1, -0.05) is 20.8 Å². The van der Waals surface area contributed by atoms with Gasteiger partial charge in [0, 0.05) is 67.3 Å². The van der Waals surface area contributed by atoms with Crippen LogP contribution in [0.25, 0.3) is 22.2 Å². The highest BCUT2D eigenvalue weighted by atomic mass is 16.5. The summed E-state index contributed by atoms with van der Waals surface area (Å²) >= 11 is 0. The molecule has 2 aromatic carbocycles. The van der Waals surface area contributed by atoms with Crippen LogP contribution >= 0.6 is 0 Å². The Hall–Kier alpha value is -4.04. The Labute approximate surface area is 248 Å². The zero-order chi connectivity index (χ0) is 29.4. The number of rotatable bonds is 7. The predicted molar refractivity (Wildman–Crippen MR) is 167 cm³/mol. The maximum absolute atomic E-state index is 12.7. The average molecular weight is 565 g/mol. The van der Waals surface area contributed by atoms with Gasteiger partial charge in [0.1, 0.15) is 17.3 Å². The number of nitrogens with zero attached hydrogens (tertiary/aromatic N) is 5. The zero-order valence-electron chi connectivity index (χ0n) is 25.2. The summed E-state index contributed by atoms with van der Waals surface area (Å²) in [5.74, 6) is 3.30. The van der Waals surface area contributed by atoms with E-state index in [0.29, 0.717) is 42.6 Å². The fourth-order valence-electron chi connectivity index (χ4n) is 6.05. The van der Waals surface area contributed by atoms with Crippen molar-refractivity contribution in [2.75, 3.05) is 24.5 Å². The minimum Gasteiger partial charge on any atom is -0.457 e. The summed E-state index contributed by atoms with van der Waals surface area (Å²) in [5, 5.41) is 13.4. The van der Waals surface area contributed by atoms with Crippen LogP contribution in [0.5, 0.6) is 11.5 Å². The monoisotopic (exact) mass is 564 g/mol. The Bertz CT molecular complexity index is 1560. The molecule has 0 spiro atoms. The standard InChI is InChI=1S/C34H40N6O2/c1-21(2)29-11-12-30(38-37-29)25-6-9-28(10-7-25)42-32-16-31-26(15-27(32)20-40-17-22(3)14-34(40)41)8-13-33(36-31)39-18-23(4)35-24(5)19-39/h6-13,15-16,21-24,35H,14,17-20H2,1-5H3/t22-,23?,24?/m0/s1. The highest BCUT2D eigenvalue weighted by Crippen LogP contribution is 2.34. The van der Waals surface area contributed by atoms with Gasteiger partial charge >= 0.3 is 0 Å². The number of benzene rings is 2. The molecular formula is C34H40N6O2. The lowest BCUT2D eigenvalue weighted by molar-refractivity contribution is -0.128. The molecule has 0 saturated carbocycles. The molecule has 8 heteroatoms. The molecule has 0 bridgehead atoms. The second-order valence-corrected chi connectivity index (χ2v) is 12.4. The van der Waals surface area contributed by atoms with E-state index in [-0.39, 0.29) is 5.91 Å². The normalized spacial score (nSPS) is 21.0. The van der Waals surface area contributed by atoms with Crippen LogP contribution in [0.15, 0.2) is 60.7 Å². The number of hydrogen-bond donors (Lipinski definition) is 1. The molecule has 4 aromatic rings. The number of nitrogens with one attached hydrogen (secondary N) is 1. The van der Waals surface area contributed by atoms with Gasteiger partial charge < -0.3 is 19.9 Å². The van der Waals surface area contributed by atoms with Gasteiger partial charge in [-0.25, -0.2) is 4.98 Å². The van der Waals surface area contributed by atoms with E-state index in [1.165, 1.54) is 0 Å². The Balaban J connectivity index is 1.31. The maximum atomic E-state index is 12.7. The number of amides is 1. The Morgan fingerprint density at radius 2 is 1.69 bits per heavy atom. The first-order valence-electron chi connectivity index (χ1n) is 15.1. The van der Waals surface area contributed by atoms with Crippen LogP contribution in [0.1, 0.15) is 58.2 Å². The summed E-state index contributed by atoms with van der Waals surface area (Å²) in [6, 6.07) is 21.2. The van der Waals surface area contributed by atoms with Gasteiger partial charge in [0.25, 0.3) is 0 Å². The van der Waals surface area contributed by atoms with Crippen LogP contribution in [-0.4, -0.2) is 57.7 Å². The van der Waals surface area contributed by atoms with Crippen molar-refractivity contribution in [2.24, 2.45) is 5.92 Å². The van der Waals surface area contributed by atoms with Crippen LogP contribution in [0.4, 0.5) is 5.82 Å². The van der Waals surface area contributed by atoms with Crippen molar-refractivity contribution in [1.82, 2.24) is 25.4 Å². The largest absolute Gasteiger partial charge is 0.457 e. The number of carbonyl (C=O) groups is 1. The molecule has 42 heavy (non-hydrogen) atoms. The van der Waals surface area contributed by atoms with Gasteiger partial charge in [0.2, 0.25) is 5.91 Å². The van der Waals surface area contributed by atoms with E-state index in [1.807, 2.05) is 47.4 Å². The average Bonchev–Trinajstić information content (AvgIpc) is 3.29. The summed E-state index contributed by atoms with van der Waals surface area (Å²) in [7, 11) is 0. The Morgan fingerprint density at radius 1 is 0.929 bits per heavy atom. The molecule has 1 N–H and O–H groups in total. The second kappa shape index (κ2) is 11.7. The van der Waals surface area contributed by atoms with Gasteiger partial charge in [-0.15, -0.1) is 0 Å². The van der Waals surface area contributed by atoms with Gasteiger partial charge in [0.05, 0.1) is 16.9 Å². The van der Waals surface area contributed by atoms with Gasteiger partial charge in [-0.3, -0.25) is 4.79 Å². The SMILES string of the molecule is CC1CN(c2ccc3cc(CN4C[C@@H](C)CC4=O)c(Oc4ccc(-c5ccc(C(C)C)nn5)cc4)cc3n2)CC(C)N1. The molecular weight excluding hydrogens is 524 g/mol. The van der Waals surface area contributed by atoms with E-state index in [2.05, 4.69) is 73.2 Å². The topological polar surface area (TPSA) is 83.5 Å². The maximum Gasteiger partial charge on any atom is 0.223 e. The highest BCUT2D eigenvalue weighted by Gasteiger charge is 2.28. The molecule has 2 aliphatic rings. The Kier molecular flexibility index (Phi) is 7.82. The van der Waals surface area contributed by atoms with Crippen molar-refractivity contribution >= 4 is 22.6 Å². The number of anilines is 1. The van der Waals surface area contributed by atoms with E-state index in [1.54, 1.807) is 0 Å². The Morgan fingerprint density at radius 3 is 2.33 bits per heavy atom. The smallest absolute Gasteiger partial charge is 0.223 e. The van der Waals surface area contributed by atoms with E-state index in [0.717, 1.165) is 64.6 Å². The lowest BCUT2D eigenvalue weighted by atomic mass is 10.1. The van der Waals surface area contributed by atoms with Crippen LogP contribution < -0.4 is 15.0 Å². The molecule has 1 amide bonds. The first kappa shape index (κ1) is 28.1. The molecule has 8 nitrogen and oxygen atoms in total. The molecule has 2 unspecified atom stereocenters. The van der Waals surface area contributed by atoms with Gasteiger partial charge in [-0.05, 0) is 80.3 Å². The molecule has 3 atom stereocenters. The summed E-state index contributed by atoms with van der Waals surface area (Å²) in [5.41, 5.74) is 4.64. The summed E-state index contributed by atoms with van der Waals surface area (Å²) < 4.78 is 6.51.